The Kier molecular flexibility index (Phi) is 3.83. The van der Waals surface area contributed by atoms with Crippen LogP contribution in [0.5, 0.6) is 0 Å². The lowest BCUT2D eigenvalue weighted by Crippen LogP contribution is -2.34. The van der Waals surface area contributed by atoms with Crippen molar-refractivity contribution in [1.29, 1.82) is 0 Å². The van der Waals surface area contributed by atoms with E-state index >= 15 is 0 Å². The van der Waals surface area contributed by atoms with E-state index in [-0.39, 0.29) is 17.2 Å². The molecule has 2 aromatic rings. The van der Waals surface area contributed by atoms with E-state index in [0.29, 0.717) is 37.3 Å². The SMILES string of the molecule is O=C(c1ccsc1)N1CCC2(CC(=O)N(c3ccc(F)c(F)c3)C2)C1. The van der Waals surface area contributed by atoms with Gasteiger partial charge in [-0.3, -0.25) is 9.59 Å². The maximum atomic E-state index is 13.5. The lowest BCUT2D eigenvalue weighted by Gasteiger charge is -2.24. The van der Waals surface area contributed by atoms with Crippen molar-refractivity contribution in [2.75, 3.05) is 24.5 Å². The first-order chi connectivity index (χ1) is 12.0. The average molecular weight is 362 g/mol. The summed E-state index contributed by atoms with van der Waals surface area (Å²) in [6.07, 6.45) is 1.05. The minimum Gasteiger partial charge on any atom is -0.338 e. The van der Waals surface area contributed by atoms with Crippen LogP contribution in [0.25, 0.3) is 0 Å². The maximum Gasteiger partial charge on any atom is 0.254 e. The van der Waals surface area contributed by atoms with Crippen LogP contribution < -0.4 is 4.90 Å². The first-order valence-electron chi connectivity index (χ1n) is 8.04. The van der Waals surface area contributed by atoms with Crippen LogP contribution in [-0.2, 0) is 4.79 Å². The van der Waals surface area contributed by atoms with Crippen LogP contribution >= 0.6 is 11.3 Å². The Hall–Kier alpha value is -2.28. The summed E-state index contributed by atoms with van der Waals surface area (Å²) in [5.41, 5.74) is 0.723. The zero-order valence-corrected chi connectivity index (χ0v) is 14.2. The molecule has 1 unspecified atom stereocenters. The summed E-state index contributed by atoms with van der Waals surface area (Å²) in [4.78, 5) is 28.2. The van der Waals surface area contributed by atoms with Crippen LogP contribution in [0.1, 0.15) is 23.2 Å². The van der Waals surface area contributed by atoms with E-state index in [1.165, 1.54) is 22.3 Å². The quantitative estimate of drug-likeness (QED) is 0.823. The van der Waals surface area contributed by atoms with Gasteiger partial charge in [-0.2, -0.15) is 11.3 Å². The van der Waals surface area contributed by atoms with Crippen LogP contribution in [-0.4, -0.2) is 36.3 Å². The molecule has 2 aliphatic rings. The summed E-state index contributed by atoms with van der Waals surface area (Å²) in [7, 11) is 0. The molecule has 4 rings (SSSR count). The lowest BCUT2D eigenvalue weighted by molar-refractivity contribution is -0.117. The summed E-state index contributed by atoms with van der Waals surface area (Å²) < 4.78 is 26.6. The summed E-state index contributed by atoms with van der Waals surface area (Å²) in [5, 5.41) is 3.68. The number of anilines is 1. The molecule has 0 aliphatic carbocycles. The number of thiophene rings is 1. The topological polar surface area (TPSA) is 40.6 Å². The third kappa shape index (κ3) is 2.82. The van der Waals surface area contributed by atoms with Gasteiger partial charge in [-0.25, -0.2) is 8.78 Å². The molecule has 4 nitrogen and oxygen atoms in total. The van der Waals surface area contributed by atoms with Gasteiger partial charge in [0.15, 0.2) is 11.6 Å². The van der Waals surface area contributed by atoms with Crippen molar-refractivity contribution < 1.29 is 18.4 Å². The molecule has 0 N–H and O–H groups in total. The van der Waals surface area contributed by atoms with E-state index in [1.807, 2.05) is 10.8 Å². The van der Waals surface area contributed by atoms with Gasteiger partial charge in [0.1, 0.15) is 0 Å². The van der Waals surface area contributed by atoms with Gasteiger partial charge in [0, 0.05) is 48.6 Å². The van der Waals surface area contributed by atoms with Gasteiger partial charge >= 0.3 is 0 Å². The fourth-order valence-corrected chi connectivity index (χ4v) is 4.36. The van der Waals surface area contributed by atoms with Crippen molar-refractivity contribution in [3.63, 3.8) is 0 Å². The van der Waals surface area contributed by atoms with Crippen molar-refractivity contribution in [3.8, 4) is 0 Å². The molecular formula is C18H16F2N2O2S. The fourth-order valence-electron chi connectivity index (χ4n) is 3.73. The van der Waals surface area contributed by atoms with E-state index in [4.69, 9.17) is 0 Å². The molecule has 2 aliphatic heterocycles. The van der Waals surface area contributed by atoms with Gasteiger partial charge in [0.05, 0.1) is 5.56 Å². The third-order valence-corrected chi connectivity index (χ3v) is 5.71. The second kappa shape index (κ2) is 5.91. The molecule has 1 aromatic heterocycles. The molecule has 25 heavy (non-hydrogen) atoms. The average Bonchev–Trinajstić information content (AvgIpc) is 3.31. The highest BCUT2D eigenvalue weighted by molar-refractivity contribution is 7.08. The highest BCUT2D eigenvalue weighted by Gasteiger charge is 2.49. The Balaban J connectivity index is 1.52. The first kappa shape index (κ1) is 16.2. The molecule has 3 heterocycles. The predicted molar refractivity (Wildman–Crippen MR) is 90.6 cm³/mol. The van der Waals surface area contributed by atoms with E-state index in [2.05, 4.69) is 0 Å². The molecule has 1 aromatic carbocycles. The molecule has 0 bridgehead atoms. The monoisotopic (exact) mass is 362 g/mol. The van der Waals surface area contributed by atoms with Gasteiger partial charge in [0.2, 0.25) is 5.91 Å². The maximum absolute atomic E-state index is 13.5. The molecule has 0 radical (unpaired) electrons. The van der Waals surface area contributed by atoms with E-state index in [1.54, 1.807) is 11.0 Å². The largest absolute Gasteiger partial charge is 0.338 e. The Labute approximate surface area is 147 Å². The predicted octanol–water partition coefficient (Wildman–Crippen LogP) is 3.30. The molecule has 1 atom stereocenters. The second-order valence-corrected chi connectivity index (χ2v) is 7.52. The molecular weight excluding hydrogens is 346 g/mol. The fraction of sp³-hybridized carbons (Fsp3) is 0.333. The van der Waals surface area contributed by atoms with Crippen LogP contribution in [0.15, 0.2) is 35.0 Å². The zero-order valence-electron chi connectivity index (χ0n) is 13.4. The first-order valence-corrected chi connectivity index (χ1v) is 8.99. The van der Waals surface area contributed by atoms with Gasteiger partial charge in [-0.05, 0) is 30.0 Å². The highest BCUT2D eigenvalue weighted by atomic mass is 32.1. The molecule has 0 saturated carbocycles. The van der Waals surface area contributed by atoms with Crippen LogP contribution in [0.2, 0.25) is 0 Å². The van der Waals surface area contributed by atoms with Gasteiger partial charge in [-0.1, -0.05) is 0 Å². The molecule has 7 heteroatoms. The summed E-state index contributed by atoms with van der Waals surface area (Å²) >= 11 is 1.48. The molecule has 1 spiro atoms. The highest BCUT2D eigenvalue weighted by Crippen LogP contribution is 2.42. The van der Waals surface area contributed by atoms with Crippen molar-refractivity contribution in [2.24, 2.45) is 5.41 Å². The lowest BCUT2D eigenvalue weighted by atomic mass is 9.86. The number of hydrogen-bond acceptors (Lipinski definition) is 3. The normalized spacial score (nSPS) is 23.0. The van der Waals surface area contributed by atoms with Gasteiger partial charge < -0.3 is 9.80 Å². The molecule has 2 saturated heterocycles. The Morgan fingerprint density at radius 1 is 1.16 bits per heavy atom. The second-order valence-electron chi connectivity index (χ2n) is 6.74. The Bertz CT molecular complexity index is 840. The van der Waals surface area contributed by atoms with E-state index in [9.17, 15) is 18.4 Å². The van der Waals surface area contributed by atoms with Crippen molar-refractivity contribution in [2.45, 2.75) is 12.8 Å². The summed E-state index contributed by atoms with van der Waals surface area (Å²) in [6.45, 7) is 1.53. The number of carbonyl (C=O) groups is 2. The van der Waals surface area contributed by atoms with E-state index < -0.39 is 11.6 Å². The Morgan fingerprint density at radius 2 is 2.00 bits per heavy atom. The molecule has 2 fully saturated rings. The number of likely N-dealkylation sites (tertiary alicyclic amines) is 1. The van der Waals surface area contributed by atoms with Crippen LogP contribution in [0.4, 0.5) is 14.5 Å². The van der Waals surface area contributed by atoms with E-state index in [0.717, 1.165) is 18.6 Å². The third-order valence-electron chi connectivity index (χ3n) is 5.03. The number of carbonyl (C=O) groups excluding carboxylic acids is 2. The zero-order chi connectivity index (χ0) is 17.6. The van der Waals surface area contributed by atoms with Crippen molar-refractivity contribution in [3.05, 3.63) is 52.2 Å². The number of rotatable bonds is 2. The number of hydrogen-bond donors (Lipinski definition) is 0. The van der Waals surface area contributed by atoms with Crippen LogP contribution in [0, 0.1) is 17.0 Å². The van der Waals surface area contributed by atoms with Crippen molar-refractivity contribution in [1.82, 2.24) is 4.90 Å². The van der Waals surface area contributed by atoms with Gasteiger partial charge in [-0.15, -0.1) is 0 Å². The Morgan fingerprint density at radius 3 is 2.72 bits per heavy atom. The molecule has 130 valence electrons. The standard InChI is InChI=1S/C18H16F2N2O2S/c19-14-2-1-13(7-15(14)20)22-11-18(8-16(22)23)4-5-21(10-18)17(24)12-3-6-25-9-12/h1-3,6-7,9H,4-5,8,10-11H2. The summed E-state index contributed by atoms with van der Waals surface area (Å²) in [6, 6.07) is 5.30. The number of amides is 2. The number of benzene rings is 1. The van der Waals surface area contributed by atoms with Gasteiger partial charge in [0.25, 0.3) is 5.91 Å². The number of halogens is 2. The summed E-state index contributed by atoms with van der Waals surface area (Å²) in [5.74, 6) is -2.03. The number of nitrogens with zero attached hydrogens (tertiary/aromatic N) is 2. The minimum absolute atomic E-state index is 0.0168. The smallest absolute Gasteiger partial charge is 0.254 e. The molecule has 2 amide bonds. The van der Waals surface area contributed by atoms with Crippen molar-refractivity contribution >= 4 is 28.8 Å². The minimum atomic E-state index is -0.966. The van der Waals surface area contributed by atoms with Crippen LogP contribution in [0.3, 0.4) is 0 Å².